The molecule has 10 rings (SSSR count). The second kappa shape index (κ2) is 42.2. The van der Waals surface area contributed by atoms with Crippen LogP contribution >= 0.6 is 58.0 Å². The second-order valence-corrected chi connectivity index (χ2v) is 26.7. The summed E-state index contributed by atoms with van der Waals surface area (Å²) in [5, 5.41) is 32.2. The van der Waals surface area contributed by atoms with Crippen molar-refractivity contribution in [2.45, 2.75) is 139 Å². The Hall–Kier alpha value is -8.12. The number of rotatable bonds is 13. The van der Waals surface area contributed by atoms with Gasteiger partial charge >= 0.3 is 18.3 Å². The SMILES string of the molecule is C.C.C.C.CC(C)(C)OC(=O)NC[C@@H](N)c1cccc(Cl)c1.CC(C)(C)OC(=O)NC[C@H](O)c1cccc(Cl)c1.CC(C)(C)OC(=O)NC[C@H](c1cccc(Cl)c1)N1C(=O)c2ccccc2C1=O.Clc1cccc([C@@H]2CO2)c1.NC[C@H](O)c1cccc(Cl)c1.O=C1NC(=O)c2ccccc21. The Bertz CT molecular complexity index is 3650. The van der Waals surface area contributed by atoms with E-state index in [9.17, 15) is 43.8 Å². The highest BCUT2D eigenvalue weighted by Gasteiger charge is 2.41. The Morgan fingerprint density at radius 2 is 0.820 bits per heavy atom. The predicted octanol–water partition coefficient (Wildman–Crippen LogP) is 16.8. The molecule has 0 bridgehead atoms. The molecular weight excluding hydrogens is 1380 g/mol. The third kappa shape index (κ3) is 31.2. The van der Waals surface area contributed by atoms with Crippen molar-refractivity contribution < 1.29 is 62.7 Å². The number of carbonyl (C=O) groups excluding carboxylic acids is 7. The fourth-order valence-corrected chi connectivity index (χ4v) is 9.65. The first-order valence-electron chi connectivity index (χ1n) is 30.1. The molecule has 7 amide bonds. The van der Waals surface area contributed by atoms with E-state index in [1.54, 1.807) is 175 Å². The predicted molar refractivity (Wildman–Crippen MR) is 399 cm³/mol. The second-order valence-electron chi connectivity index (χ2n) is 24.5. The molecule has 1 fully saturated rings. The first-order chi connectivity index (χ1) is 45.1. The van der Waals surface area contributed by atoms with Crippen LogP contribution in [0, 0.1) is 0 Å². The molecule has 0 aromatic heterocycles. The molecule has 0 aliphatic carbocycles. The van der Waals surface area contributed by atoms with E-state index in [1.807, 2.05) is 57.2 Å². The zero-order chi connectivity index (χ0) is 71.1. The molecule has 5 atom stereocenters. The molecule has 3 heterocycles. The zero-order valence-electron chi connectivity index (χ0n) is 54.5. The van der Waals surface area contributed by atoms with E-state index < -0.39 is 65.1 Å². The van der Waals surface area contributed by atoms with Crippen molar-refractivity contribution in [3.63, 3.8) is 0 Å². The molecule has 25 heteroatoms. The van der Waals surface area contributed by atoms with Crippen molar-refractivity contribution in [1.29, 1.82) is 0 Å². The third-order valence-electron chi connectivity index (χ3n) is 13.1. The lowest BCUT2D eigenvalue weighted by molar-refractivity contribution is 0.0467. The molecule has 20 nitrogen and oxygen atoms in total. The van der Waals surface area contributed by atoms with Crippen LogP contribution in [0.3, 0.4) is 0 Å². The fourth-order valence-electron chi connectivity index (χ4n) is 8.66. The Morgan fingerprint density at radius 1 is 0.490 bits per heavy atom. The highest BCUT2D eigenvalue weighted by Crippen LogP contribution is 2.33. The van der Waals surface area contributed by atoms with Gasteiger partial charge in [-0.05, 0) is 175 Å². The largest absolute Gasteiger partial charge is 0.444 e. The van der Waals surface area contributed by atoms with Gasteiger partial charge in [0.25, 0.3) is 23.6 Å². The van der Waals surface area contributed by atoms with Crippen molar-refractivity contribution in [2.24, 2.45) is 11.5 Å². The molecule has 0 saturated carbocycles. The number of hydrogen-bond acceptors (Lipinski definition) is 15. The molecule has 3 aliphatic rings. The number of amides is 7. The van der Waals surface area contributed by atoms with Crippen LogP contribution in [0.15, 0.2) is 170 Å². The summed E-state index contributed by atoms with van der Waals surface area (Å²) in [7, 11) is 0. The van der Waals surface area contributed by atoms with Crippen LogP contribution in [-0.4, -0.2) is 107 Å². The van der Waals surface area contributed by atoms with Gasteiger partial charge in [-0.2, -0.15) is 0 Å². The van der Waals surface area contributed by atoms with Crippen LogP contribution in [0.5, 0.6) is 0 Å². The van der Waals surface area contributed by atoms with Gasteiger partial charge in [0.05, 0.1) is 53.7 Å². The number of hydrogen-bond donors (Lipinski definition) is 8. The summed E-state index contributed by atoms with van der Waals surface area (Å²) in [5.74, 6) is -1.41. The first-order valence-corrected chi connectivity index (χ1v) is 32.0. The number of nitrogens with one attached hydrogen (secondary N) is 4. The first kappa shape index (κ1) is 89.9. The standard InChI is InChI=1S/C21H21ClN2O4.C13H19ClN2O2.C13H18ClNO3.C8H10ClNO.C8H7ClO.C8H5NO2.4CH4/c1-21(2,3)28-20(27)23-12-17(13-7-6-8-14(22)11-13)24-18(25)15-9-4-5-10-16(15)19(24)26;1-13(2,3)18-12(17)16-8-11(15)9-5-4-6-10(14)7-9;1-13(2,3)18-12(17)15-8-11(16)9-5-4-6-10(14)7-9;9-7-3-1-2-6(4-7)8(11)5-10;9-7-3-1-2-6(4-7)8-5-10-8;10-7-5-3-1-2-4-6(5)8(11)9-7;;;;/h4-11,17H,12H2,1-3H3,(H,23,27);4-7,11H,8,15H2,1-3H3,(H,16,17);4-7,11,16H,8H2,1-3H3,(H,15,17);1-4,8,11H,5,10H2;1-4,8H,5H2;1-4H,(H,9,10,11);4*1H4/t17-;2*11-;2*8-;;;;;/m11000...../s1. The van der Waals surface area contributed by atoms with Gasteiger partial charge in [-0.1, -0.05) is 173 Å². The molecule has 0 spiro atoms. The maximum Gasteiger partial charge on any atom is 0.407 e. The molecule has 0 radical (unpaired) electrons. The summed E-state index contributed by atoms with van der Waals surface area (Å²) in [5.41, 5.74) is 15.2. The van der Waals surface area contributed by atoms with Crippen LogP contribution in [-0.2, 0) is 18.9 Å². The number of nitrogens with zero attached hydrogens (tertiary/aromatic N) is 1. The number of alkyl carbamates (subject to hydrolysis) is 3. The third-order valence-corrected chi connectivity index (χ3v) is 14.3. The molecule has 7 aromatic carbocycles. The summed E-state index contributed by atoms with van der Waals surface area (Å²) < 4.78 is 20.5. The number of epoxide rings is 1. The lowest BCUT2D eigenvalue weighted by atomic mass is 10.1. The van der Waals surface area contributed by atoms with E-state index in [2.05, 4.69) is 21.3 Å². The molecule has 544 valence electrons. The number of aliphatic hydroxyl groups excluding tert-OH is 2. The number of aliphatic hydroxyl groups is 2. The number of ether oxygens (including phenoxy) is 4. The monoisotopic (exact) mass is 1480 g/mol. The fraction of sp³-hybridized carbons (Fsp3) is 0.347. The van der Waals surface area contributed by atoms with Gasteiger partial charge in [-0.3, -0.25) is 29.4 Å². The van der Waals surface area contributed by atoms with Crippen molar-refractivity contribution in [3.8, 4) is 0 Å². The van der Waals surface area contributed by atoms with Crippen LogP contribution in [0.2, 0.25) is 25.1 Å². The Labute approximate surface area is 613 Å². The zero-order valence-corrected chi connectivity index (χ0v) is 58.2. The summed E-state index contributed by atoms with van der Waals surface area (Å²) in [6, 6.07) is 48.2. The van der Waals surface area contributed by atoms with E-state index in [0.717, 1.165) is 27.7 Å². The molecule has 3 aliphatic heterocycles. The minimum Gasteiger partial charge on any atom is -0.444 e. The number of nitrogens with two attached hydrogens (primary N) is 2. The summed E-state index contributed by atoms with van der Waals surface area (Å²) in [6.45, 7) is 17.5. The van der Waals surface area contributed by atoms with E-state index in [4.69, 9.17) is 88.4 Å². The molecule has 1 saturated heterocycles. The van der Waals surface area contributed by atoms with E-state index in [0.29, 0.717) is 66.1 Å². The lowest BCUT2D eigenvalue weighted by Gasteiger charge is -2.28. The molecule has 100 heavy (non-hydrogen) atoms. The number of benzene rings is 7. The molecular formula is C75H96Cl5N7O13. The van der Waals surface area contributed by atoms with E-state index in [-0.39, 0.29) is 67.2 Å². The number of imide groups is 2. The topological polar surface area (TPSA) is 304 Å². The van der Waals surface area contributed by atoms with E-state index >= 15 is 0 Å². The van der Waals surface area contributed by atoms with Crippen LogP contribution < -0.4 is 32.7 Å². The minimum absolute atomic E-state index is 0. The maximum atomic E-state index is 12.9. The average Bonchev–Trinajstić information content (AvgIpc) is 1.62. The van der Waals surface area contributed by atoms with Crippen molar-refractivity contribution in [2.75, 3.05) is 32.8 Å². The maximum absolute atomic E-state index is 12.9. The Morgan fingerprint density at radius 3 is 1.20 bits per heavy atom. The van der Waals surface area contributed by atoms with Gasteiger partial charge in [-0.25, -0.2) is 14.4 Å². The van der Waals surface area contributed by atoms with Gasteiger partial charge < -0.3 is 56.6 Å². The van der Waals surface area contributed by atoms with Gasteiger partial charge in [0.15, 0.2) is 0 Å². The van der Waals surface area contributed by atoms with Crippen molar-refractivity contribution in [3.05, 3.63) is 245 Å². The highest BCUT2D eigenvalue weighted by atomic mass is 35.5. The number of carbonyl (C=O) groups is 7. The van der Waals surface area contributed by atoms with Gasteiger partial charge in [0.1, 0.15) is 22.9 Å². The smallest absolute Gasteiger partial charge is 0.407 e. The Balaban J connectivity index is 0.000000618. The average molecular weight is 1480 g/mol. The summed E-state index contributed by atoms with van der Waals surface area (Å²) in [4.78, 5) is 83.8. The van der Waals surface area contributed by atoms with Crippen LogP contribution in [0.25, 0.3) is 0 Å². The van der Waals surface area contributed by atoms with Gasteiger partial charge in [0.2, 0.25) is 0 Å². The van der Waals surface area contributed by atoms with Crippen LogP contribution in [0.4, 0.5) is 14.4 Å². The Kier molecular flexibility index (Phi) is 37.9. The number of halogens is 5. The minimum atomic E-state index is -0.809. The molecule has 10 N–H and O–H groups in total. The van der Waals surface area contributed by atoms with Crippen molar-refractivity contribution >= 4 is 99.9 Å². The molecule has 0 unspecified atom stereocenters. The lowest BCUT2D eigenvalue weighted by Crippen LogP contribution is -2.42. The van der Waals surface area contributed by atoms with Gasteiger partial charge in [0, 0.05) is 50.8 Å². The quantitative estimate of drug-likeness (QED) is 0.0302. The van der Waals surface area contributed by atoms with Crippen molar-refractivity contribution in [1.82, 2.24) is 26.2 Å². The summed E-state index contributed by atoms with van der Waals surface area (Å²) >= 11 is 29.2. The van der Waals surface area contributed by atoms with E-state index in [1.165, 1.54) is 5.56 Å². The summed E-state index contributed by atoms with van der Waals surface area (Å²) in [6.07, 6.45) is -2.75. The normalized spacial score (nSPS) is 14.1. The van der Waals surface area contributed by atoms with Gasteiger partial charge in [-0.15, -0.1) is 0 Å². The highest BCUT2D eigenvalue weighted by molar-refractivity contribution is 6.32. The number of fused-ring (bicyclic) bond motifs is 2. The van der Waals surface area contributed by atoms with Crippen LogP contribution in [0.1, 0.15) is 192 Å². The molecule has 7 aromatic rings.